The molecule has 114 valence electrons. The van der Waals surface area contributed by atoms with Gasteiger partial charge >= 0.3 is 5.97 Å². The van der Waals surface area contributed by atoms with E-state index in [4.69, 9.17) is 4.74 Å². The molecule has 0 heterocycles. The van der Waals surface area contributed by atoms with Crippen LogP contribution in [0.5, 0.6) is 0 Å². The number of hydrogen-bond acceptors (Lipinski definition) is 5. The van der Waals surface area contributed by atoms with E-state index >= 15 is 0 Å². The maximum Gasteiger partial charge on any atom is 0.305 e. The van der Waals surface area contributed by atoms with Gasteiger partial charge in [0, 0.05) is 19.0 Å². The molecule has 8 heteroatoms. The first-order valence-corrected chi connectivity index (χ1v) is 6.33. The first-order chi connectivity index (χ1) is 9.95. The number of nitro groups is 1. The van der Waals surface area contributed by atoms with Crippen LogP contribution in [0.3, 0.4) is 0 Å². The lowest BCUT2D eigenvalue weighted by Crippen LogP contribution is -2.26. The van der Waals surface area contributed by atoms with Crippen molar-refractivity contribution in [2.24, 2.45) is 0 Å². The third-order valence-electron chi connectivity index (χ3n) is 2.56. The molecule has 1 amide bonds. The number of nitrogens with one attached hydrogen (secondary N) is 1. The minimum absolute atomic E-state index is 0.150. The van der Waals surface area contributed by atoms with E-state index in [0.717, 1.165) is 12.1 Å². The van der Waals surface area contributed by atoms with Gasteiger partial charge in [-0.15, -0.1) is 0 Å². The van der Waals surface area contributed by atoms with Crippen molar-refractivity contribution in [1.29, 1.82) is 0 Å². The Morgan fingerprint density at radius 1 is 1.43 bits per heavy atom. The number of esters is 1. The third-order valence-corrected chi connectivity index (χ3v) is 2.56. The summed E-state index contributed by atoms with van der Waals surface area (Å²) in [6, 6.07) is 2.79. The summed E-state index contributed by atoms with van der Waals surface area (Å²) < 4.78 is 18.3. The zero-order valence-corrected chi connectivity index (χ0v) is 11.4. The number of carbonyl (C=O) groups excluding carboxylic acids is 2. The van der Waals surface area contributed by atoms with Crippen molar-refractivity contribution < 1.29 is 23.6 Å². The van der Waals surface area contributed by atoms with E-state index in [2.05, 4.69) is 5.32 Å². The predicted octanol–water partition coefficient (Wildman–Crippen LogP) is 1.81. The summed E-state index contributed by atoms with van der Waals surface area (Å²) in [5.41, 5.74) is -0.705. The molecular weight excluding hydrogens is 283 g/mol. The Balaban J connectivity index is 2.49. The van der Waals surface area contributed by atoms with Gasteiger partial charge < -0.3 is 10.1 Å². The van der Waals surface area contributed by atoms with E-state index in [0.29, 0.717) is 19.1 Å². The van der Waals surface area contributed by atoms with Gasteiger partial charge in [-0.05, 0) is 19.4 Å². The summed E-state index contributed by atoms with van der Waals surface area (Å²) in [6.07, 6.45) is 0.510. The number of halogens is 1. The van der Waals surface area contributed by atoms with Crippen molar-refractivity contribution in [3.8, 4) is 0 Å². The van der Waals surface area contributed by atoms with Crippen LogP contribution in [0.2, 0.25) is 0 Å². The molecule has 21 heavy (non-hydrogen) atoms. The highest BCUT2D eigenvalue weighted by Gasteiger charge is 2.15. The predicted molar refractivity (Wildman–Crippen MR) is 71.3 cm³/mol. The van der Waals surface area contributed by atoms with Crippen molar-refractivity contribution in [3.63, 3.8) is 0 Å². The van der Waals surface area contributed by atoms with E-state index in [1.807, 2.05) is 0 Å². The van der Waals surface area contributed by atoms with Gasteiger partial charge in [0.05, 0.1) is 23.2 Å². The standard InChI is InChI=1S/C13H15FN2O5/c1-2-21-12(17)4-3-7-15-13(18)10-6-5-9(16(19)20)8-11(10)14/h5-6,8H,2-4,7H2,1H3,(H,15,18). The number of amides is 1. The Morgan fingerprint density at radius 3 is 2.71 bits per heavy atom. The maximum absolute atomic E-state index is 13.6. The second-order valence-corrected chi connectivity index (χ2v) is 4.09. The zero-order valence-electron chi connectivity index (χ0n) is 11.4. The largest absolute Gasteiger partial charge is 0.466 e. The van der Waals surface area contributed by atoms with Crippen LogP contribution in [-0.4, -0.2) is 30.0 Å². The average molecular weight is 298 g/mol. The van der Waals surface area contributed by atoms with E-state index in [1.54, 1.807) is 6.92 Å². The molecule has 0 aliphatic heterocycles. The molecule has 1 aromatic rings. The molecule has 1 aromatic carbocycles. The number of rotatable bonds is 7. The molecule has 1 rings (SSSR count). The van der Waals surface area contributed by atoms with Gasteiger partial charge in [0.2, 0.25) is 0 Å². The number of nitrogens with zero attached hydrogens (tertiary/aromatic N) is 1. The number of non-ortho nitro benzene ring substituents is 1. The van der Waals surface area contributed by atoms with Gasteiger partial charge in [0.1, 0.15) is 5.82 Å². The molecule has 0 saturated carbocycles. The lowest BCUT2D eigenvalue weighted by molar-refractivity contribution is -0.385. The Labute approximate surface area is 120 Å². The van der Waals surface area contributed by atoms with Crippen LogP contribution in [-0.2, 0) is 9.53 Å². The fourth-order valence-corrected chi connectivity index (χ4v) is 1.56. The highest BCUT2D eigenvalue weighted by atomic mass is 19.1. The highest BCUT2D eigenvalue weighted by Crippen LogP contribution is 2.16. The smallest absolute Gasteiger partial charge is 0.305 e. The Bertz CT molecular complexity index is 547. The third kappa shape index (κ3) is 5.17. The van der Waals surface area contributed by atoms with Crippen molar-refractivity contribution in [1.82, 2.24) is 5.32 Å². The van der Waals surface area contributed by atoms with Gasteiger partial charge in [0.25, 0.3) is 11.6 Å². The average Bonchev–Trinajstić information content (AvgIpc) is 2.43. The lowest BCUT2D eigenvalue weighted by atomic mass is 10.1. The van der Waals surface area contributed by atoms with Gasteiger partial charge in [0.15, 0.2) is 0 Å². The summed E-state index contributed by atoms with van der Waals surface area (Å²) in [7, 11) is 0. The zero-order chi connectivity index (χ0) is 15.8. The second-order valence-electron chi connectivity index (χ2n) is 4.09. The number of carbonyl (C=O) groups is 2. The van der Waals surface area contributed by atoms with Crippen LogP contribution < -0.4 is 5.32 Å². The molecule has 0 bridgehead atoms. The summed E-state index contributed by atoms with van der Waals surface area (Å²) in [4.78, 5) is 32.4. The lowest BCUT2D eigenvalue weighted by Gasteiger charge is -2.06. The van der Waals surface area contributed by atoms with Crippen LogP contribution >= 0.6 is 0 Å². The Morgan fingerprint density at radius 2 is 2.14 bits per heavy atom. The molecule has 0 aromatic heterocycles. The SMILES string of the molecule is CCOC(=O)CCCNC(=O)c1ccc([N+](=O)[O-])cc1F. The summed E-state index contributed by atoms with van der Waals surface area (Å²) >= 11 is 0. The molecule has 0 fully saturated rings. The molecule has 0 aliphatic carbocycles. The maximum atomic E-state index is 13.6. The quantitative estimate of drug-likeness (QED) is 0.358. The summed E-state index contributed by atoms with van der Waals surface area (Å²) in [5, 5.41) is 12.9. The van der Waals surface area contributed by atoms with E-state index in [9.17, 15) is 24.1 Å². The topological polar surface area (TPSA) is 98.5 Å². The van der Waals surface area contributed by atoms with Crippen molar-refractivity contribution in [2.75, 3.05) is 13.2 Å². The van der Waals surface area contributed by atoms with Gasteiger partial charge in [-0.3, -0.25) is 19.7 Å². The molecule has 0 aliphatic rings. The van der Waals surface area contributed by atoms with Crippen LogP contribution in [0.15, 0.2) is 18.2 Å². The fourth-order valence-electron chi connectivity index (χ4n) is 1.56. The van der Waals surface area contributed by atoms with Crippen molar-refractivity contribution >= 4 is 17.6 Å². The minimum atomic E-state index is -0.966. The number of nitro benzene ring substituents is 1. The fraction of sp³-hybridized carbons (Fsp3) is 0.385. The van der Waals surface area contributed by atoms with Gasteiger partial charge in [-0.1, -0.05) is 0 Å². The number of benzene rings is 1. The molecule has 7 nitrogen and oxygen atoms in total. The molecule has 0 atom stereocenters. The van der Waals surface area contributed by atoms with Crippen molar-refractivity contribution in [2.45, 2.75) is 19.8 Å². The number of ether oxygens (including phenoxy) is 1. The first kappa shape index (κ1) is 16.5. The van der Waals surface area contributed by atoms with Crippen LogP contribution in [0.25, 0.3) is 0 Å². The van der Waals surface area contributed by atoms with Crippen LogP contribution in [0.1, 0.15) is 30.1 Å². The Hall–Kier alpha value is -2.51. The van der Waals surface area contributed by atoms with E-state index < -0.39 is 22.3 Å². The van der Waals surface area contributed by atoms with Crippen molar-refractivity contribution in [3.05, 3.63) is 39.7 Å². The van der Waals surface area contributed by atoms with Crippen LogP contribution in [0.4, 0.5) is 10.1 Å². The molecular formula is C13H15FN2O5. The summed E-state index contributed by atoms with van der Waals surface area (Å²) in [6.45, 7) is 2.16. The molecule has 0 spiro atoms. The second kappa shape index (κ2) is 7.93. The first-order valence-electron chi connectivity index (χ1n) is 6.33. The minimum Gasteiger partial charge on any atom is -0.466 e. The van der Waals surface area contributed by atoms with Gasteiger partial charge in [-0.25, -0.2) is 4.39 Å². The van der Waals surface area contributed by atoms with E-state index in [1.165, 1.54) is 0 Å². The molecule has 0 radical (unpaired) electrons. The highest BCUT2D eigenvalue weighted by molar-refractivity contribution is 5.94. The molecule has 0 unspecified atom stereocenters. The van der Waals surface area contributed by atoms with Crippen LogP contribution in [0, 0.1) is 15.9 Å². The molecule has 1 N–H and O–H groups in total. The Kier molecular flexibility index (Phi) is 6.25. The van der Waals surface area contributed by atoms with Gasteiger partial charge in [-0.2, -0.15) is 0 Å². The van der Waals surface area contributed by atoms with E-state index in [-0.39, 0.29) is 24.5 Å². The normalized spacial score (nSPS) is 10.0. The number of hydrogen-bond donors (Lipinski definition) is 1. The summed E-state index contributed by atoms with van der Waals surface area (Å²) in [5.74, 6) is -2.02. The monoisotopic (exact) mass is 298 g/mol. The molecule has 0 saturated heterocycles.